The fourth-order valence-corrected chi connectivity index (χ4v) is 3.82. The van der Waals surface area contributed by atoms with Gasteiger partial charge in [0.2, 0.25) is 0 Å². The first-order valence-corrected chi connectivity index (χ1v) is 10.3. The summed E-state index contributed by atoms with van der Waals surface area (Å²) in [6, 6.07) is 14.8. The molecule has 3 rings (SSSR count). The lowest BCUT2D eigenvalue weighted by molar-refractivity contribution is 0.0957. The Hall–Kier alpha value is -3.39. The topological polar surface area (TPSA) is 92.4 Å². The highest BCUT2D eigenvalue weighted by Gasteiger charge is 2.16. The van der Waals surface area contributed by atoms with Crippen LogP contribution in [0.5, 0.6) is 5.75 Å². The molecule has 0 unspecified atom stereocenters. The van der Waals surface area contributed by atoms with Crippen molar-refractivity contribution in [3.8, 4) is 5.75 Å². The molecule has 30 heavy (non-hydrogen) atoms. The summed E-state index contributed by atoms with van der Waals surface area (Å²) in [5.41, 5.74) is 3.33. The number of methoxy groups -OCH3 is 1. The predicted molar refractivity (Wildman–Crippen MR) is 120 cm³/mol. The number of amides is 3. The van der Waals surface area contributed by atoms with E-state index in [1.54, 1.807) is 20.1 Å². The van der Waals surface area contributed by atoms with Gasteiger partial charge < -0.3 is 15.4 Å². The van der Waals surface area contributed by atoms with Crippen LogP contribution in [0.25, 0.3) is 0 Å². The summed E-state index contributed by atoms with van der Waals surface area (Å²) in [6.45, 7) is 4.16. The van der Waals surface area contributed by atoms with Gasteiger partial charge in [0.05, 0.1) is 12.8 Å². The van der Waals surface area contributed by atoms with E-state index in [2.05, 4.69) is 20.9 Å². The lowest BCUT2D eigenvalue weighted by Gasteiger charge is -2.08. The minimum atomic E-state index is -0.405. The zero-order chi connectivity index (χ0) is 21.5. The third-order valence-corrected chi connectivity index (χ3v) is 5.44. The Bertz CT molecular complexity index is 1050. The molecule has 0 spiro atoms. The second-order valence-electron chi connectivity index (χ2n) is 6.70. The number of para-hydroxylation sites is 1. The number of ether oxygens (including phenoxy) is 1. The number of carbonyl (C=O) groups is 2. The van der Waals surface area contributed by atoms with E-state index >= 15 is 0 Å². The molecule has 0 bridgehead atoms. The third kappa shape index (κ3) is 5.57. The predicted octanol–water partition coefficient (Wildman–Crippen LogP) is 4.39. The van der Waals surface area contributed by atoms with Gasteiger partial charge >= 0.3 is 6.03 Å². The van der Waals surface area contributed by atoms with Crippen LogP contribution in [0.4, 0.5) is 15.6 Å². The lowest BCUT2D eigenvalue weighted by atomic mass is 10.1. The number of aromatic nitrogens is 1. The van der Waals surface area contributed by atoms with Crippen LogP contribution in [0.3, 0.4) is 0 Å². The monoisotopic (exact) mass is 424 g/mol. The number of carbonyl (C=O) groups excluding carboxylic acids is 2. The summed E-state index contributed by atoms with van der Waals surface area (Å²) in [5.74, 6) is 0.582. The van der Waals surface area contributed by atoms with Gasteiger partial charge in [-0.2, -0.15) is 0 Å². The standard InChI is InChI=1S/C22H24N4O3S/c1-14-7-6-9-17(13-14)25-21(28)26-22-24-15(2)19(30-22)20(27)23-12-11-16-8-4-5-10-18(16)29-3/h4-10,13H,11-12H2,1-3H3,(H,23,27)(H2,24,25,26,28). The van der Waals surface area contributed by atoms with Crippen LogP contribution in [-0.4, -0.2) is 30.6 Å². The summed E-state index contributed by atoms with van der Waals surface area (Å²) in [5, 5.41) is 8.71. The van der Waals surface area contributed by atoms with Crippen LogP contribution in [0.2, 0.25) is 0 Å². The van der Waals surface area contributed by atoms with E-state index in [-0.39, 0.29) is 5.91 Å². The summed E-state index contributed by atoms with van der Waals surface area (Å²) in [6.07, 6.45) is 0.650. The number of hydrogen-bond donors (Lipinski definition) is 3. The van der Waals surface area contributed by atoms with Crippen molar-refractivity contribution in [2.45, 2.75) is 20.3 Å². The van der Waals surface area contributed by atoms with E-state index < -0.39 is 6.03 Å². The molecule has 1 heterocycles. The van der Waals surface area contributed by atoms with Gasteiger partial charge in [0.15, 0.2) is 5.13 Å². The van der Waals surface area contributed by atoms with Crippen LogP contribution in [-0.2, 0) is 6.42 Å². The fourth-order valence-electron chi connectivity index (χ4n) is 2.94. The van der Waals surface area contributed by atoms with Crippen LogP contribution in [0.1, 0.15) is 26.5 Å². The molecule has 0 aliphatic heterocycles. The largest absolute Gasteiger partial charge is 0.496 e. The minimum Gasteiger partial charge on any atom is -0.496 e. The van der Waals surface area contributed by atoms with Gasteiger partial charge in [-0.05, 0) is 49.6 Å². The molecular formula is C22H24N4O3S. The number of aryl methyl sites for hydroxylation is 2. The second kappa shape index (κ2) is 9.89. The van der Waals surface area contributed by atoms with Gasteiger partial charge in [0, 0.05) is 12.2 Å². The van der Waals surface area contributed by atoms with Gasteiger partial charge in [-0.3, -0.25) is 10.1 Å². The van der Waals surface area contributed by atoms with E-state index in [9.17, 15) is 9.59 Å². The van der Waals surface area contributed by atoms with Crippen molar-refractivity contribution >= 4 is 34.1 Å². The Kier molecular flexibility index (Phi) is 7.03. The second-order valence-corrected chi connectivity index (χ2v) is 7.70. The maximum Gasteiger partial charge on any atom is 0.325 e. The van der Waals surface area contributed by atoms with Crippen molar-refractivity contribution in [2.24, 2.45) is 0 Å². The number of nitrogens with zero attached hydrogens (tertiary/aromatic N) is 1. The Morgan fingerprint density at radius 3 is 2.63 bits per heavy atom. The molecule has 7 nitrogen and oxygen atoms in total. The fraction of sp³-hybridized carbons (Fsp3) is 0.227. The van der Waals surface area contributed by atoms with Crippen LogP contribution >= 0.6 is 11.3 Å². The van der Waals surface area contributed by atoms with E-state index in [0.29, 0.717) is 34.4 Å². The number of nitrogens with one attached hydrogen (secondary N) is 3. The average molecular weight is 425 g/mol. The molecule has 0 saturated heterocycles. The first kappa shape index (κ1) is 21.3. The van der Waals surface area contributed by atoms with Crippen LogP contribution in [0.15, 0.2) is 48.5 Å². The SMILES string of the molecule is COc1ccccc1CCNC(=O)c1sc(NC(=O)Nc2cccc(C)c2)nc1C. The maximum absolute atomic E-state index is 12.5. The number of anilines is 2. The molecular weight excluding hydrogens is 400 g/mol. The number of urea groups is 1. The van der Waals surface area contributed by atoms with Gasteiger partial charge in [-0.1, -0.05) is 41.7 Å². The molecule has 0 atom stereocenters. The number of benzene rings is 2. The summed E-state index contributed by atoms with van der Waals surface area (Å²) < 4.78 is 5.33. The highest BCUT2D eigenvalue weighted by atomic mass is 32.1. The Labute approximate surface area is 179 Å². The van der Waals surface area contributed by atoms with E-state index in [1.807, 2.05) is 49.4 Å². The zero-order valence-electron chi connectivity index (χ0n) is 17.1. The van der Waals surface area contributed by atoms with Crippen LogP contribution < -0.4 is 20.7 Å². The molecule has 0 aliphatic rings. The van der Waals surface area contributed by atoms with Crippen molar-refractivity contribution in [1.82, 2.24) is 10.3 Å². The third-order valence-electron chi connectivity index (χ3n) is 4.37. The summed E-state index contributed by atoms with van der Waals surface area (Å²) in [4.78, 5) is 29.5. The number of hydrogen-bond acceptors (Lipinski definition) is 5. The molecule has 3 amide bonds. The smallest absolute Gasteiger partial charge is 0.325 e. The molecule has 0 saturated carbocycles. The highest BCUT2D eigenvalue weighted by molar-refractivity contribution is 7.17. The van der Waals surface area contributed by atoms with Crippen molar-refractivity contribution in [3.05, 3.63) is 70.2 Å². The zero-order valence-corrected chi connectivity index (χ0v) is 17.9. The molecule has 3 aromatic rings. The van der Waals surface area contributed by atoms with Crippen molar-refractivity contribution in [2.75, 3.05) is 24.3 Å². The molecule has 2 aromatic carbocycles. The van der Waals surface area contributed by atoms with Gasteiger partial charge in [0.1, 0.15) is 10.6 Å². The molecule has 8 heteroatoms. The summed E-state index contributed by atoms with van der Waals surface area (Å²) >= 11 is 1.14. The number of rotatable bonds is 7. The normalized spacial score (nSPS) is 10.4. The molecule has 0 aliphatic carbocycles. The highest BCUT2D eigenvalue weighted by Crippen LogP contribution is 2.23. The van der Waals surface area contributed by atoms with Gasteiger partial charge in [-0.15, -0.1) is 0 Å². The number of thiazole rings is 1. The Morgan fingerprint density at radius 2 is 1.87 bits per heavy atom. The minimum absolute atomic E-state index is 0.216. The molecule has 1 aromatic heterocycles. The molecule has 3 N–H and O–H groups in total. The Balaban J connectivity index is 1.55. The van der Waals surface area contributed by atoms with E-state index in [4.69, 9.17) is 4.74 Å². The Morgan fingerprint density at radius 1 is 1.07 bits per heavy atom. The van der Waals surface area contributed by atoms with Crippen molar-refractivity contribution in [3.63, 3.8) is 0 Å². The quantitative estimate of drug-likeness (QED) is 0.525. The van der Waals surface area contributed by atoms with Gasteiger partial charge in [-0.25, -0.2) is 9.78 Å². The molecule has 0 radical (unpaired) electrons. The summed E-state index contributed by atoms with van der Waals surface area (Å²) in [7, 11) is 1.63. The van der Waals surface area contributed by atoms with E-state index in [0.717, 1.165) is 28.2 Å². The van der Waals surface area contributed by atoms with E-state index in [1.165, 1.54) is 0 Å². The first-order chi connectivity index (χ1) is 14.5. The lowest BCUT2D eigenvalue weighted by Crippen LogP contribution is -2.25. The van der Waals surface area contributed by atoms with Crippen molar-refractivity contribution < 1.29 is 14.3 Å². The van der Waals surface area contributed by atoms with Crippen LogP contribution in [0, 0.1) is 13.8 Å². The average Bonchev–Trinajstić information content (AvgIpc) is 3.08. The maximum atomic E-state index is 12.5. The first-order valence-electron chi connectivity index (χ1n) is 9.48. The van der Waals surface area contributed by atoms with Gasteiger partial charge in [0.25, 0.3) is 5.91 Å². The van der Waals surface area contributed by atoms with Crippen molar-refractivity contribution in [1.29, 1.82) is 0 Å². The molecule has 0 fully saturated rings. The molecule has 156 valence electrons.